The normalized spacial score (nSPS) is 12.4. The average Bonchev–Trinajstić information content (AvgIpc) is 2.92. The van der Waals surface area contributed by atoms with Gasteiger partial charge in [0.2, 0.25) is 0 Å². The monoisotopic (exact) mass is 273 g/mol. The summed E-state index contributed by atoms with van der Waals surface area (Å²) < 4.78 is 8.00. The summed E-state index contributed by atoms with van der Waals surface area (Å²) >= 11 is 0. The Morgan fingerprint density at radius 1 is 1.40 bits per heavy atom. The molecular formula is C16H23N3O. The van der Waals surface area contributed by atoms with Crippen LogP contribution in [0.5, 0.6) is 5.75 Å². The molecular weight excluding hydrogens is 250 g/mol. The van der Waals surface area contributed by atoms with Gasteiger partial charge in [0, 0.05) is 12.6 Å². The summed E-state index contributed by atoms with van der Waals surface area (Å²) in [6, 6.07) is 6.68. The van der Waals surface area contributed by atoms with E-state index in [1.54, 1.807) is 0 Å². The first-order chi connectivity index (χ1) is 9.65. The van der Waals surface area contributed by atoms with Crippen LogP contribution in [-0.4, -0.2) is 16.6 Å². The number of benzene rings is 1. The number of ether oxygens (including phenoxy) is 1. The first-order valence-electron chi connectivity index (χ1n) is 7.05. The third-order valence-corrected chi connectivity index (χ3v) is 3.65. The van der Waals surface area contributed by atoms with Gasteiger partial charge in [-0.05, 0) is 45.0 Å². The molecule has 1 heterocycles. The molecule has 0 saturated heterocycles. The second-order valence-electron chi connectivity index (χ2n) is 4.99. The average molecular weight is 273 g/mol. The molecule has 2 aromatic rings. The summed E-state index contributed by atoms with van der Waals surface area (Å²) in [5.74, 6) is 0.931. The molecule has 1 aromatic carbocycles. The second-order valence-corrected chi connectivity index (χ2v) is 4.99. The van der Waals surface area contributed by atoms with Crippen LogP contribution in [0.15, 0.2) is 30.7 Å². The van der Waals surface area contributed by atoms with Gasteiger partial charge in [-0.1, -0.05) is 12.1 Å². The lowest BCUT2D eigenvalue weighted by Gasteiger charge is -2.14. The summed E-state index contributed by atoms with van der Waals surface area (Å²) in [5.41, 5.74) is 3.53. The maximum atomic E-state index is 5.91. The van der Waals surface area contributed by atoms with E-state index in [2.05, 4.69) is 47.8 Å². The highest BCUT2D eigenvalue weighted by Gasteiger charge is 2.07. The molecule has 1 N–H and O–H groups in total. The van der Waals surface area contributed by atoms with Crippen molar-refractivity contribution in [2.75, 3.05) is 7.05 Å². The van der Waals surface area contributed by atoms with E-state index in [1.807, 2.05) is 25.6 Å². The van der Waals surface area contributed by atoms with Gasteiger partial charge >= 0.3 is 0 Å². The molecule has 0 spiro atoms. The summed E-state index contributed by atoms with van der Waals surface area (Å²) in [4.78, 5) is 4.15. The molecule has 0 aliphatic rings. The van der Waals surface area contributed by atoms with Gasteiger partial charge in [0.05, 0.1) is 18.2 Å². The molecule has 0 saturated carbocycles. The van der Waals surface area contributed by atoms with Crippen molar-refractivity contribution in [3.05, 3.63) is 47.5 Å². The Morgan fingerprint density at radius 3 is 2.85 bits per heavy atom. The topological polar surface area (TPSA) is 39.1 Å². The van der Waals surface area contributed by atoms with Crippen LogP contribution in [0.25, 0.3) is 0 Å². The fourth-order valence-corrected chi connectivity index (χ4v) is 2.18. The van der Waals surface area contributed by atoms with Gasteiger partial charge in [-0.2, -0.15) is 0 Å². The van der Waals surface area contributed by atoms with E-state index in [1.165, 1.54) is 5.56 Å². The van der Waals surface area contributed by atoms with Crippen LogP contribution in [0, 0.1) is 6.92 Å². The minimum atomic E-state index is 0.351. The molecule has 0 amide bonds. The Balaban J connectivity index is 2.07. The number of imidazole rings is 1. The van der Waals surface area contributed by atoms with Crippen molar-refractivity contribution in [3.63, 3.8) is 0 Å². The van der Waals surface area contributed by atoms with E-state index >= 15 is 0 Å². The minimum Gasteiger partial charge on any atom is -0.487 e. The lowest BCUT2D eigenvalue weighted by Crippen LogP contribution is -2.12. The van der Waals surface area contributed by atoms with Crippen molar-refractivity contribution in [1.29, 1.82) is 0 Å². The van der Waals surface area contributed by atoms with Crippen molar-refractivity contribution in [2.24, 2.45) is 0 Å². The third kappa shape index (κ3) is 3.20. The molecule has 4 heteroatoms. The van der Waals surface area contributed by atoms with E-state index in [9.17, 15) is 0 Å². The van der Waals surface area contributed by atoms with Gasteiger partial charge < -0.3 is 14.6 Å². The minimum absolute atomic E-state index is 0.351. The zero-order chi connectivity index (χ0) is 14.5. The molecule has 1 aromatic heterocycles. The van der Waals surface area contributed by atoms with Gasteiger partial charge in [0.25, 0.3) is 0 Å². The van der Waals surface area contributed by atoms with Crippen LogP contribution in [0.2, 0.25) is 0 Å². The highest BCUT2D eigenvalue weighted by atomic mass is 16.5. The molecule has 0 radical (unpaired) electrons. The molecule has 20 heavy (non-hydrogen) atoms. The van der Waals surface area contributed by atoms with Crippen LogP contribution >= 0.6 is 0 Å². The lowest BCUT2D eigenvalue weighted by atomic mass is 10.1. The third-order valence-electron chi connectivity index (χ3n) is 3.65. The number of hydrogen-bond donors (Lipinski definition) is 1. The largest absolute Gasteiger partial charge is 0.487 e. The molecule has 2 rings (SSSR count). The van der Waals surface area contributed by atoms with Crippen LogP contribution in [0.3, 0.4) is 0 Å². The van der Waals surface area contributed by atoms with Gasteiger partial charge in [-0.3, -0.25) is 0 Å². The van der Waals surface area contributed by atoms with Crippen LogP contribution in [0.4, 0.5) is 0 Å². The molecule has 108 valence electrons. The van der Waals surface area contributed by atoms with E-state index in [4.69, 9.17) is 4.74 Å². The maximum absolute atomic E-state index is 5.91. The highest BCUT2D eigenvalue weighted by Crippen LogP contribution is 2.23. The molecule has 0 aliphatic heterocycles. The van der Waals surface area contributed by atoms with Crippen LogP contribution in [0.1, 0.15) is 36.7 Å². The van der Waals surface area contributed by atoms with Gasteiger partial charge in [-0.15, -0.1) is 0 Å². The summed E-state index contributed by atoms with van der Waals surface area (Å²) in [6.07, 6.45) is 3.69. The van der Waals surface area contributed by atoms with Crippen molar-refractivity contribution in [1.82, 2.24) is 14.9 Å². The summed E-state index contributed by atoms with van der Waals surface area (Å²) in [6.45, 7) is 7.80. The molecule has 1 unspecified atom stereocenters. The smallest absolute Gasteiger partial charge is 0.130 e. The second kappa shape index (κ2) is 6.57. The van der Waals surface area contributed by atoms with E-state index in [-0.39, 0.29) is 0 Å². The van der Waals surface area contributed by atoms with Crippen molar-refractivity contribution in [3.8, 4) is 5.75 Å². The molecule has 0 bridgehead atoms. The first kappa shape index (κ1) is 14.6. The predicted molar refractivity (Wildman–Crippen MR) is 80.9 cm³/mol. The zero-order valence-corrected chi connectivity index (χ0v) is 12.7. The summed E-state index contributed by atoms with van der Waals surface area (Å²) in [5, 5.41) is 3.24. The number of hydrogen-bond acceptors (Lipinski definition) is 3. The van der Waals surface area contributed by atoms with E-state index < -0.39 is 0 Å². The van der Waals surface area contributed by atoms with Crippen molar-refractivity contribution in [2.45, 2.75) is 40.0 Å². The van der Waals surface area contributed by atoms with Crippen LogP contribution in [-0.2, 0) is 13.2 Å². The Kier molecular flexibility index (Phi) is 4.79. The van der Waals surface area contributed by atoms with E-state index in [0.717, 1.165) is 23.6 Å². The van der Waals surface area contributed by atoms with E-state index in [0.29, 0.717) is 12.6 Å². The van der Waals surface area contributed by atoms with Crippen molar-refractivity contribution >= 4 is 0 Å². The standard InChI is InChI=1S/C16H23N3O/c1-5-19-11-18-9-15(19)10-20-16-7-6-14(8-12(16)2)13(3)17-4/h6-9,11,13,17H,5,10H2,1-4H3. The van der Waals surface area contributed by atoms with Gasteiger partial charge in [-0.25, -0.2) is 4.98 Å². The quantitative estimate of drug-likeness (QED) is 0.879. The van der Waals surface area contributed by atoms with Gasteiger partial charge in [0.15, 0.2) is 0 Å². The Hall–Kier alpha value is -1.81. The SMILES string of the molecule is CCn1cncc1COc1ccc(C(C)NC)cc1C. The highest BCUT2D eigenvalue weighted by molar-refractivity contribution is 5.37. The Bertz CT molecular complexity index is 563. The molecule has 0 aliphatic carbocycles. The fraction of sp³-hybridized carbons (Fsp3) is 0.438. The first-order valence-corrected chi connectivity index (χ1v) is 7.05. The number of rotatable bonds is 6. The zero-order valence-electron chi connectivity index (χ0n) is 12.7. The maximum Gasteiger partial charge on any atom is 0.130 e. The summed E-state index contributed by atoms with van der Waals surface area (Å²) in [7, 11) is 1.97. The van der Waals surface area contributed by atoms with Crippen molar-refractivity contribution < 1.29 is 4.74 Å². The number of aryl methyl sites for hydroxylation is 2. The fourth-order valence-electron chi connectivity index (χ4n) is 2.18. The number of nitrogens with zero attached hydrogens (tertiary/aromatic N) is 2. The predicted octanol–water partition coefficient (Wildman–Crippen LogP) is 3.07. The number of aromatic nitrogens is 2. The molecule has 1 atom stereocenters. The van der Waals surface area contributed by atoms with Crippen LogP contribution < -0.4 is 10.1 Å². The molecule has 4 nitrogen and oxygen atoms in total. The molecule has 0 fully saturated rings. The van der Waals surface area contributed by atoms with Gasteiger partial charge in [0.1, 0.15) is 12.4 Å². The Labute approximate surface area is 120 Å². The number of nitrogens with one attached hydrogen (secondary N) is 1. The Morgan fingerprint density at radius 2 is 2.20 bits per heavy atom. The lowest BCUT2D eigenvalue weighted by molar-refractivity contribution is 0.293.